The van der Waals surface area contributed by atoms with Gasteiger partial charge in [0, 0.05) is 13.1 Å². The second-order valence-corrected chi connectivity index (χ2v) is 8.94. The summed E-state index contributed by atoms with van der Waals surface area (Å²) in [6.07, 6.45) is 5.57. The normalized spacial score (nSPS) is 19.3. The first kappa shape index (κ1) is 19.6. The molecule has 1 N–H and O–H groups in total. The molecule has 1 fully saturated rings. The zero-order valence-corrected chi connectivity index (χ0v) is 16.2. The van der Waals surface area contributed by atoms with Crippen LogP contribution in [0.1, 0.15) is 19.3 Å². The van der Waals surface area contributed by atoms with Crippen molar-refractivity contribution in [2.45, 2.75) is 24.2 Å². The number of likely N-dealkylation sites (tertiary alicyclic amines) is 1. The summed E-state index contributed by atoms with van der Waals surface area (Å²) in [5, 5.41) is 0. The lowest BCUT2D eigenvalue weighted by Crippen LogP contribution is -2.41. The van der Waals surface area contributed by atoms with Crippen LogP contribution in [0.15, 0.2) is 29.2 Å². The quantitative estimate of drug-likeness (QED) is 0.675. The number of methoxy groups -OCH3 is 1. The second kappa shape index (κ2) is 9.65. The summed E-state index contributed by atoms with van der Waals surface area (Å²) in [4.78, 5) is 2.75. The molecule has 1 aliphatic heterocycles. The highest BCUT2D eigenvalue weighted by Crippen LogP contribution is 2.19. The maximum absolute atomic E-state index is 12.4. The van der Waals surface area contributed by atoms with Gasteiger partial charge in [-0.25, -0.2) is 13.1 Å². The van der Waals surface area contributed by atoms with E-state index in [-0.39, 0.29) is 4.90 Å². The number of nitrogens with zero attached hydrogens (tertiary/aromatic N) is 1. The number of sulfonamides is 1. The van der Waals surface area contributed by atoms with Gasteiger partial charge in [0.2, 0.25) is 10.0 Å². The van der Waals surface area contributed by atoms with Crippen molar-refractivity contribution in [2.24, 2.45) is 5.92 Å². The van der Waals surface area contributed by atoms with Crippen LogP contribution in [0.25, 0.3) is 0 Å². The second-order valence-electron chi connectivity index (χ2n) is 6.18. The van der Waals surface area contributed by atoms with Crippen LogP contribution in [0.3, 0.4) is 0 Å². The third-order valence-electron chi connectivity index (χ3n) is 4.36. The Morgan fingerprint density at radius 3 is 2.75 bits per heavy atom. The predicted octanol–water partition coefficient (Wildman–Crippen LogP) is 2.44. The summed E-state index contributed by atoms with van der Waals surface area (Å²) in [7, 11) is -1.89. The smallest absolute Gasteiger partial charge is 0.240 e. The Balaban J connectivity index is 1.84. The first-order valence-electron chi connectivity index (χ1n) is 8.40. The number of piperidine rings is 1. The lowest BCUT2D eigenvalue weighted by molar-refractivity contribution is 0.177. The molecule has 1 heterocycles. The molecule has 5 nitrogen and oxygen atoms in total. The lowest BCUT2D eigenvalue weighted by Gasteiger charge is -2.32. The van der Waals surface area contributed by atoms with Gasteiger partial charge >= 0.3 is 0 Å². The van der Waals surface area contributed by atoms with E-state index in [0.717, 1.165) is 32.5 Å². The maximum atomic E-state index is 12.4. The van der Waals surface area contributed by atoms with Gasteiger partial charge in [-0.2, -0.15) is 11.8 Å². The van der Waals surface area contributed by atoms with Gasteiger partial charge < -0.3 is 9.64 Å². The molecule has 136 valence electrons. The highest BCUT2D eigenvalue weighted by molar-refractivity contribution is 7.98. The fourth-order valence-electron chi connectivity index (χ4n) is 3.02. The van der Waals surface area contributed by atoms with Crippen molar-refractivity contribution in [3.8, 4) is 5.75 Å². The summed E-state index contributed by atoms with van der Waals surface area (Å²) in [5.41, 5.74) is 0. The Hall–Kier alpha value is -0.760. The molecule has 0 aliphatic carbocycles. The monoisotopic (exact) mass is 372 g/mol. The van der Waals surface area contributed by atoms with Gasteiger partial charge in [0.1, 0.15) is 5.75 Å². The summed E-state index contributed by atoms with van der Waals surface area (Å²) in [6.45, 7) is 3.74. The molecule has 1 aromatic rings. The molecule has 1 aromatic carbocycles. The molecular formula is C17H28N2O3S2. The average Bonchev–Trinajstić information content (AvgIpc) is 2.61. The van der Waals surface area contributed by atoms with E-state index in [1.165, 1.54) is 12.2 Å². The zero-order chi connectivity index (χ0) is 17.4. The van der Waals surface area contributed by atoms with Gasteiger partial charge in [0.25, 0.3) is 0 Å². The highest BCUT2D eigenvalue weighted by Gasteiger charge is 2.22. The standard InChI is InChI=1S/C17H28N2O3S2/c1-22-16-6-8-17(9-7-16)24(20,21)18-13-15-5-3-10-19(14-15)11-4-12-23-2/h6-9,15,18H,3-5,10-14H2,1-2H3/t15-/m1/s1. The van der Waals surface area contributed by atoms with Gasteiger partial charge in [-0.15, -0.1) is 0 Å². The summed E-state index contributed by atoms with van der Waals surface area (Å²) >= 11 is 1.88. The number of rotatable bonds is 9. The molecule has 0 unspecified atom stereocenters. The van der Waals surface area contributed by atoms with Gasteiger partial charge in [-0.3, -0.25) is 0 Å². The third-order valence-corrected chi connectivity index (χ3v) is 6.49. The van der Waals surface area contributed by atoms with Crippen molar-refractivity contribution in [3.05, 3.63) is 24.3 Å². The van der Waals surface area contributed by atoms with E-state index in [0.29, 0.717) is 18.2 Å². The van der Waals surface area contributed by atoms with Crippen molar-refractivity contribution >= 4 is 21.8 Å². The van der Waals surface area contributed by atoms with Gasteiger partial charge in [0.15, 0.2) is 0 Å². The fourth-order valence-corrected chi connectivity index (χ4v) is 4.55. The highest BCUT2D eigenvalue weighted by atomic mass is 32.2. The Bertz CT molecular complexity index is 590. The molecule has 0 saturated carbocycles. The van der Waals surface area contributed by atoms with Crippen LogP contribution in [-0.2, 0) is 10.0 Å². The predicted molar refractivity (Wildman–Crippen MR) is 100 cm³/mol. The molecule has 7 heteroatoms. The van der Waals surface area contributed by atoms with Gasteiger partial charge in [0.05, 0.1) is 12.0 Å². The van der Waals surface area contributed by atoms with Crippen molar-refractivity contribution in [3.63, 3.8) is 0 Å². The number of hydrogen-bond acceptors (Lipinski definition) is 5. The van der Waals surface area contributed by atoms with E-state index in [1.807, 2.05) is 11.8 Å². The molecule has 1 saturated heterocycles. The minimum atomic E-state index is -3.45. The van der Waals surface area contributed by atoms with Crippen molar-refractivity contribution in [1.82, 2.24) is 9.62 Å². The number of ether oxygens (including phenoxy) is 1. The zero-order valence-electron chi connectivity index (χ0n) is 14.5. The minimum absolute atomic E-state index is 0.288. The SMILES string of the molecule is COc1ccc(S(=O)(=O)NC[C@H]2CCCN(CCCSC)C2)cc1. The van der Waals surface area contributed by atoms with E-state index in [4.69, 9.17) is 4.74 Å². The number of hydrogen-bond donors (Lipinski definition) is 1. The Morgan fingerprint density at radius 2 is 2.08 bits per heavy atom. The first-order chi connectivity index (χ1) is 11.5. The van der Waals surface area contributed by atoms with E-state index >= 15 is 0 Å². The Kier molecular flexibility index (Phi) is 7.87. The Labute approximate surface area is 150 Å². The summed E-state index contributed by atoms with van der Waals surface area (Å²) < 4.78 is 32.6. The van der Waals surface area contributed by atoms with Crippen LogP contribution in [0.5, 0.6) is 5.75 Å². The largest absolute Gasteiger partial charge is 0.497 e. The molecular weight excluding hydrogens is 344 g/mol. The molecule has 24 heavy (non-hydrogen) atoms. The van der Waals surface area contributed by atoms with Crippen LogP contribution in [0, 0.1) is 5.92 Å². The van der Waals surface area contributed by atoms with E-state index < -0.39 is 10.0 Å². The van der Waals surface area contributed by atoms with Crippen molar-refractivity contribution < 1.29 is 13.2 Å². The molecule has 1 aliphatic rings. The van der Waals surface area contributed by atoms with Crippen LogP contribution in [0.2, 0.25) is 0 Å². The van der Waals surface area contributed by atoms with Crippen molar-refractivity contribution in [2.75, 3.05) is 45.3 Å². The molecule has 0 amide bonds. The average molecular weight is 373 g/mol. The maximum Gasteiger partial charge on any atom is 0.240 e. The number of benzene rings is 1. The molecule has 1 atom stereocenters. The van der Waals surface area contributed by atoms with Crippen LogP contribution in [-0.4, -0.2) is 58.6 Å². The van der Waals surface area contributed by atoms with E-state index in [9.17, 15) is 8.42 Å². The minimum Gasteiger partial charge on any atom is -0.497 e. The lowest BCUT2D eigenvalue weighted by atomic mass is 9.98. The first-order valence-corrected chi connectivity index (χ1v) is 11.3. The molecule has 0 radical (unpaired) electrons. The van der Waals surface area contributed by atoms with E-state index in [1.54, 1.807) is 31.4 Å². The van der Waals surface area contributed by atoms with Crippen molar-refractivity contribution in [1.29, 1.82) is 0 Å². The molecule has 0 aromatic heterocycles. The molecule has 0 spiro atoms. The van der Waals surface area contributed by atoms with E-state index in [2.05, 4.69) is 15.9 Å². The van der Waals surface area contributed by atoms with Crippen LogP contribution < -0.4 is 9.46 Å². The summed E-state index contributed by atoms with van der Waals surface area (Å²) in [6, 6.07) is 6.50. The topological polar surface area (TPSA) is 58.6 Å². The summed E-state index contributed by atoms with van der Waals surface area (Å²) in [5.74, 6) is 2.23. The molecule has 2 rings (SSSR count). The Morgan fingerprint density at radius 1 is 1.33 bits per heavy atom. The van der Waals surface area contributed by atoms with Crippen LogP contribution in [0.4, 0.5) is 0 Å². The van der Waals surface area contributed by atoms with Gasteiger partial charge in [-0.1, -0.05) is 0 Å². The van der Waals surface area contributed by atoms with Crippen LogP contribution >= 0.6 is 11.8 Å². The fraction of sp³-hybridized carbons (Fsp3) is 0.647. The number of thioether (sulfide) groups is 1. The molecule has 0 bridgehead atoms. The third kappa shape index (κ3) is 5.95. The van der Waals surface area contributed by atoms with Gasteiger partial charge in [-0.05, 0) is 74.5 Å². The number of nitrogens with one attached hydrogen (secondary N) is 1.